The number of carbonyl (C=O) groups is 4. The molecule has 10 nitrogen and oxygen atoms in total. The number of piperazine rings is 1. The molecule has 3 atom stereocenters. The normalized spacial score (nSPS) is 24.6. The molecule has 1 aromatic rings. The fraction of sp³-hybridized carbons (Fsp3) is 0.600. The molecule has 1 aliphatic carbocycles. The van der Waals surface area contributed by atoms with E-state index in [1.165, 1.54) is 11.8 Å². The van der Waals surface area contributed by atoms with Crippen LogP contribution < -0.4 is 11.1 Å². The van der Waals surface area contributed by atoms with Crippen LogP contribution in [0.5, 0.6) is 0 Å². The molecule has 2 aliphatic heterocycles. The number of nitrogens with one attached hydrogen (secondary N) is 1. The van der Waals surface area contributed by atoms with E-state index in [9.17, 15) is 37.5 Å². The molecule has 3 aliphatic rings. The van der Waals surface area contributed by atoms with Crippen molar-refractivity contribution in [3.8, 4) is 0 Å². The number of hydrogen-bond acceptors (Lipinski definition) is 5. The van der Waals surface area contributed by atoms with Crippen LogP contribution in [0.15, 0.2) is 18.2 Å². The third kappa shape index (κ3) is 6.08. The molecule has 214 valence electrons. The highest BCUT2D eigenvalue weighted by molar-refractivity contribution is 6.31. The SMILES string of the molecule is C[C@H]1C(=O)N(CCCC(=O)N2CCC3(CC3)C(O)C2)[C@H](C(N)=O)CN1C(=O)Nc1ccc(C(F)(F)F)c(Cl)c1. The number of hydrogen-bond donors (Lipinski definition) is 3. The van der Waals surface area contributed by atoms with Crippen LogP contribution in [-0.2, 0) is 20.6 Å². The van der Waals surface area contributed by atoms with Gasteiger partial charge in [-0.05, 0) is 56.2 Å². The van der Waals surface area contributed by atoms with Gasteiger partial charge in [0.25, 0.3) is 0 Å². The second-order valence-electron chi connectivity index (χ2n) is 10.5. The number of primary amides is 1. The van der Waals surface area contributed by atoms with Gasteiger partial charge in [-0.1, -0.05) is 11.6 Å². The predicted octanol–water partition coefficient (Wildman–Crippen LogP) is 2.43. The molecule has 1 aromatic carbocycles. The first-order chi connectivity index (χ1) is 18.2. The van der Waals surface area contributed by atoms with E-state index in [-0.39, 0.29) is 49.5 Å². The highest BCUT2D eigenvalue weighted by Crippen LogP contribution is 2.53. The number of nitrogens with zero attached hydrogens (tertiary/aromatic N) is 3. The Bertz CT molecular complexity index is 1160. The minimum atomic E-state index is -4.66. The number of aliphatic hydroxyl groups excluding tert-OH is 1. The Morgan fingerprint density at radius 2 is 1.90 bits per heavy atom. The number of halogens is 4. The highest BCUT2D eigenvalue weighted by Gasteiger charge is 2.51. The van der Waals surface area contributed by atoms with Gasteiger partial charge in [0.05, 0.1) is 23.2 Å². The first-order valence-corrected chi connectivity index (χ1v) is 13.1. The molecular weight excluding hydrogens is 543 g/mol. The van der Waals surface area contributed by atoms with Crippen molar-refractivity contribution in [2.75, 3.05) is 31.5 Å². The molecule has 0 radical (unpaired) electrons. The molecule has 1 unspecified atom stereocenters. The molecule has 5 amide bonds. The summed E-state index contributed by atoms with van der Waals surface area (Å²) in [6.07, 6.45) is -2.10. The Hall–Kier alpha value is -3.06. The van der Waals surface area contributed by atoms with Gasteiger partial charge in [0, 0.05) is 31.7 Å². The first-order valence-electron chi connectivity index (χ1n) is 12.7. The van der Waals surface area contributed by atoms with Gasteiger partial charge >= 0.3 is 12.2 Å². The zero-order valence-corrected chi connectivity index (χ0v) is 22.1. The van der Waals surface area contributed by atoms with E-state index in [0.29, 0.717) is 6.54 Å². The number of nitrogens with two attached hydrogens (primary N) is 1. The van der Waals surface area contributed by atoms with Crippen molar-refractivity contribution in [1.82, 2.24) is 14.7 Å². The topological polar surface area (TPSA) is 136 Å². The second-order valence-corrected chi connectivity index (χ2v) is 10.9. The van der Waals surface area contributed by atoms with Gasteiger partial charge in [0.1, 0.15) is 12.1 Å². The summed E-state index contributed by atoms with van der Waals surface area (Å²) in [7, 11) is 0. The number of urea groups is 1. The first kappa shape index (κ1) is 28.9. The molecule has 1 spiro atoms. The van der Waals surface area contributed by atoms with Crippen LogP contribution >= 0.6 is 11.6 Å². The summed E-state index contributed by atoms with van der Waals surface area (Å²) in [5.74, 6) is -1.54. The van der Waals surface area contributed by atoms with Gasteiger partial charge in [0.2, 0.25) is 17.7 Å². The summed E-state index contributed by atoms with van der Waals surface area (Å²) in [5.41, 5.74) is 4.42. The number of amides is 5. The van der Waals surface area contributed by atoms with Crippen LogP contribution in [0.4, 0.5) is 23.7 Å². The Morgan fingerprint density at radius 1 is 1.21 bits per heavy atom. The standard InChI is InChI=1S/C25H31ClF3N5O5/c1-14-22(38)33(9-2-3-20(36)32-10-8-24(6-7-24)19(35)13-32)18(21(30)37)12-34(14)23(39)31-15-4-5-16(17(26)11-15)25(27,28)29/h4-5,11,14,18-19,35H,2-3,6-10,12-13H2,1H3,(H2,30,37)(H,31,39)/t14-,18-,19?/m0/s1. The fourth-order valence-corrected chi connectivity index (χ4v) is 5.59. The molecule has 39 heavy (non-hydrogen) atoms. The molecule has 3 fully saturated rings. The lowest BCUT2D eigenvalue weighted by Gasteiger charge is -2.43. The number of carbonyl (C=O) groups excluding carboxylic acids is 4. The minimum Gasteiger partial charge on any atom is -0.391 e. The van der Waals surface area contributed by atoms with Crippen molar-refractivity contribution in [2.45, 2.75) is 63.4 Å². The van der Waals surface area contributed by atoms with Crippen molar-refractivity contribution in [1.29, 1.82) is 0 Å². The number of benzene rings is 1. The largest absolute Gasteiger partial charge is 0.417 e. The van der Waals surface area contributed by atoms with Crippen LogP contribution in [0.3, 0.4) is 0 Å². The molecule has 4 rings (SSSR count). The van der Waals surface area contributed by atoms with Crippen molar-refractivity contribution >= 4 is 41.0 Å². The number of β-amino-alcohol motifs (C(OH)–C–C–N with tert-alkyl or cyclic N) is 1. The average Bonchev–Trinajstić information content (AvgIpc) is 3.63. The summed E-state index contributed by atoms with van der Waals surface area (Å²) in [5, 5.41) is 12.1. The number of piperidine rings is 1. The van der Waals surface area contributed by atoms with Crippen LogP contribution in [0, 0.1) is 5.41 Å². The summed E-state index contributed by atoms with van der Waals surface area (Å²) in [4.78, 5) is 54.9. The van der Waals surface area contributed by atoms with E-state index in [1.807, 2.05) is 0 Å². The van der Waals surface area contributed by atoms with Gasteiger partial charge in [0.15, 0.2) is 0 Å². The van der Waals surface area contributed by atoms with E-state index in [0.717, 1.165) is 42.4 Å². The lowest BCUT2D eigenvalue weighted by Crippen LogP contribution is -2.66. The molecule has 1 saturated carbocycles. The maximum absolute atomic E-state index is 13.1. The van der Waals surface area contributed by atoms with Crippen LogP contribution in [-0.4, -0.2) is 87.9 Å². The third-order valence-corrected chi connectivity index (χ3v) is 8.30. The number of anilines is 1. The van der Waals surface area contributed by atoms with E-state index in [4.69, 9.17) is 17.3 Å². The van der Waals surface area contributed by atoms with Crippen molar-refractivity contribution in [2.24, 2.45) is 11.1 Å². The van der Waals surface area contributed by atoms with E-state index < -0.39 is 52.8 Å². The maximum Gasteiger partial charge on any atom is 0.417 e. The highest BCUT2D eigenvalue weighted by atomic mass is 35.5. The van der Waals surface area contributed by atoms with E-state index in [2.05, 4.69) is 5.32 Å². The number of rotatable bonds is 6. The second kappa shape index (κ2) is 10.8. The Balaban J connectivity index is 1.35. The monoisotopic (exact) mass is 573 g/mol. The van der Waals surface area contributed by atoms with Gasteiger partial charge in [-0.3, -0.25) is 14.4 Å². The average molecular weight is 574 g/mol. The third-order valence-electron chi connectivity index (χ3n) is 7.98. The van der Waals surface area contributed by atoms with Gasteiger partial charge in [-0.2, -0.15) is 13.2 Å². The van der Waals surface area contributed by atoms with Gasteiger partial charge in [-0.15, -0.1) is 0 Å². The zero-order chi connectivity index (χ0) is 28.7. The summed E-state index contributed by atoms with van der Waals surface area (Å²) in [6.45, 7) is 2.15. The Morgan fingerprint density at radius 3 is 2.46 bits per heavy atom. The molecular formula is C25H31ClF3N5O5. The summed E-state index contributed by atoms with van der Waals surface area (Å²) in [6, 6.07) is -0.273. The smallest absolute Gasteiger partial charge is 0.391 e. The molecule has 2 heterocycles. The lowest BCUT2D eigenvalue weighted by atomic mass is 9.90. The zero-order valence-electron chi connectivity index (χ0n) is 21.3. The summed E-state index contributed by atoms with van der Waals surface area (Å²) < 4.78 is 38.9. The predicted molar refractivity (Wildman–Crippen MR) is 134 cm³/mol. The van der Waals surface area contributed by atoms with Crippen LogP contribution in [0.2, 0.25) is 5.02 Å². The number of alkyl halides is 3. The van der Waals surface area contributed by atoms with Crippen molar-refractivity contribution in [3.05, 3.63) is 28.8 Å². The van der Waals surface area contributed by atoms with Crippen molar-refractivity contribution < 1.29 is 37.5 Å². The van der Waals surface area contributed by atoms with Gasteiger partial charge in [-0.25, -0.2) is 4.79 Å². The number of likely N-dealkylation sites (tertiary alicyclic amines) is 1. The lowest BCUT2D eigenvalue weighted by molar-refractivity contribution is -0.148. The van der Waals surface area contributed by atoms with E-state index >= 15 is 0 Å². The minimum absolute atomic E-state index is 0.0235. The molecule has 0 bridgehead atoms. The van der Waals surface area contributed by atoms with Crippen LogP contribution in [0.25, 0.3) is 0 Å². The molecule has 4 N–H and O–H groups in total. The van der Waals surface area contributed by atoms with Crippen molar-refractivity contribution in [3.63, 3.8) is 0 Å². The molecule has 2 saturated heterocycles. The maximum atomic E-state index is 13.1. The fourth-order valence-electron chi connectivity index (χ4n) is 5.30. The summed E-state index contributed by atoms with van der Waals surface area (Å²) >= 11 is 5.72. The van der Waals surface area contributed by atoms with Gasteiger partial charge < -0.3 is 30.9 Å². The number of aliphatic hydroxyl groups is 1. The Labute approximate surface area is 228 Å². The Kier molecular flexibility index (Phi) is 8.04. The van der Waals surface area contributed by atoms with Crippen LogP contribution in [0.1, 0.15) is 44.6 Å². The molecule has 0 aromatic heterocycles. The molecule has 14 heteroatoms. The quantitative estimate of drug-likeness (QED) is 0.480. The van der Waals surface area contributed by atoms with E-state index in [1.54, 1.807) is 4.90 Å².